The van der Waals surface area contributed by atoms with E-state index in [2.05, 4.69) is 26.4 Å². The number of H-pyrrole nitrogens is 1. The number of nitrogen functional groups attached to an aromatic ring is 1. The Hall–Kier alpha value is -4.47. The molecule has 10 nitrogen and oxygen atoms in total. The number of amides is 1. The van der Waals surface area contributed by atoms with Crippen LogP contribution in [0.4, 0.5) is 11.7 Å². The van der Waals surface area contributed by atoms with Gasteiger partial charge in [-0.15, -0.1) is 0 Å². The quantitative estimate of drug-likeness (QED) is 0.307. The number of aromatic amines is 1. The van der Waals surface area contributed by atoms with Crippen molar-refractivity contribution in [3.8, 4) is 28.1 Å². The highest BCUT2D eigenvalue weighted by Gasteiger charge is 2.37. The van der Waals surface area contributed by atoms with E-state index in [9.17, 15) is 4.79 Å². The van der Waals surface area contributed by atoms with E-state index in [1.165, 1.54) is 0 Å². The van der Waals surface area contributed by atoms with Crippen molar-refractivity contribution in [3.63, 3.8) is 0 Å². The standard InChI is InChI=1S/C25H23N7O3/c26-24(33)23(12-1-2-12)32-11-15(10-29-32)14-8-17-20-19(9-14)34-6-5-28-22(20)21(30-17)13-3-4-18-16(7-13)31-25(27)35-18/h3-4,7-12,23,28,30H,1-2,5-6H2,(H2,26,33)(H2,27,31)/t23-/m1/s1. The molecule has 0 spiro atoms. The number of oxazole rings is 1. The maximum atomic E-state index is 12.0. The monoisotopic (exact) mass is 469 g/mol. The lowest BCUT2D eigenvalue weighted by molar-refractivity contribution is -0.122. The molecule has 7 rings (SSSR count). The lowest BCUT2D eigenvalue weighted by Gasteiger charge is -2.12. The van der Waals surface area contributed by atoms with Crippen molar-refractivity contribution < 1.29 is 13.9 Å². The number of nitrogens with zero attached hydrogens (tertiary/aromatic N) is 3. The number of carbonyl (C=O) groups excluding carboxylic acids is 1. The Morgan fingerprint density at radius 3 is 2.89 bits per heavy atom. The summed E-state index contributed by atoms with van der Waals surface area (Å²) in [5.74, 6) is 0.712. The van der Waals surface area contributed by atoms with Crippen molar-refractivity contribution >= 4 is 39.6 Å². The zero-order valence-corrected chi connectivity index (χ0v) is 18.7. The topological polar surface area (TPSA) is 150 Å². The van der Waals surface area contributed by atoms with E-state index < -0.39 is 6.04 Å². The number of benzene rings is 2. The van der Waals surface area contributed by atoms with Crippen LogP contribution in [0.1, 0.15) is 18.9 Å². The largest absolute Gasteiger partial charge is 0.491 e. The molecular formula is C25H23N7O3. The van der Waals surface area contributed by atoms with Gasteiger partial charge in [-0.2, -0.15) is 10.1 Å². The number of anilines is 2. The first kappa shape index (κ1) is 20.0. The number of rotatable bonds is 5. The molecule has 10 heteroatoms. The van der Waals surface area contributed by atoms with Crippen molar-refractivity contribution in [3.05, 3.63) is 42.7 Å². The number of ether oxygens (including phenoxy) is 1. The highest BCUT2D eigenvalue weighted by molar-refractivity contribution is 6.07. The molecule has 1 aliphatic heterocycles. The van der Waals surface area contributed by atoms with E-state index >= 15 is 0 Å². The molecule has 0 unspecified atom stereocenters. The number of hydrogen-bond donors (Lipinski definition) is 4. The third-order valence-corrected chi connectivity index (χ3v) is 6.80. The van der Waals surface area contributed by atoms with Crippen molar-refractivity contribution in [2.24, 2.45) is 11.7 Å². The van der Waals surface area contributed by atoms with Crippen LogP contribution in [0.5, 0.6) is 5.75 Å². The Balaban J connectivity index is 1.35. The molecule has 6 N–H and O–H groups in total. The van der Waals surface area contributed by atoms with Gasteiger partial charge in [-0.1, -0.05) is 0 Å². The van der Waals surface area contributed by atoms with Gasteiger partial charge in [0.15, 0.2) is 5.58 Å². The molecule has 2 aliphatic rings. The van der Waals surface area contributed by atoms with Gasteiger partial charge in [-0.3, -0.25) is 9.48 Å². The SMILES string of the molecule is NC(=O)[C@@H](C1CC1)n1cc(-c2cc3c4c(c(-c5ccc6oc(N)nc6c5)[nH]c4c2)NCCO3)cn1. The van der Waals surface area contributed by atoms with Crippen LogP contribution in [0.25, 0.3) is 44.4 Å². The minimum absolute atomic E-state index is 0.145. The maximum Gasteiger partial charge on any atom is 0.292 e. The smallest absolute Gasteiger partial charge is 0.292 e. The number of nitrogens with two attached hydrogens (primary N) is 2. The molecule has 1 aliphatic carbocycles. The molecule has 1 saturated carbocycles. The lowest BCUT2D eigenvalue weighted by Crippen LogP contribution is -2.28. The van der Waals surface area contributed by atoms with Crippen molar-refractivity contribution in [2.75, 3.05) is 24.2 Å². The summed E-state index contributed by atoms with van der Waals surface area (Å²) in [4.78, 5) is 19.9. The average Bonchev–Trinajstić information content (AvgIpc) is 3.31. The zero-order valence-electron chi connectivity index (χ0n) is 18.7. The summed E-state index contributed by atoms with van der Waals surface area (Å²) in [5, 5.41) is 8.97. The predicted octanol–water partition coefficient (Wildman–Crippen LogP) is 3.66. The number of primary amides is 1. The summed E-state index contributed by atoms with van der Waals surface area (Å²) in [5.41, 5.74) is 18.4. The van der Waals surface area contributed by atoms with Crippen molar-refractivity contribution in [2.45, 2.75) is 18.9 Å². The molecular weight excluding hydrogens is 446 g/mol. The molecule has 0 bridgehead atoms. The summed E-state index contributed by atoms with van der Waals surface area (Å²) in [7, 11) is 0. The van der Waals surface area contributed by atoms with E-state index in [4.69, 9.17) is 20.6 Å². The predicted molar refractivity (Wildman–Crippen MR) is 132 cm³/mol. The highest BCUT2D eigenvalue weighted by Crippen LogP contribution is 2.44. The van der Waals surface area contributed by atoms with Gasteiger partial charge in [0, 0.05) is 23.9 Å². The van der Waals surface area contributed by atoms with Crippen molar-refractivity contribution in [1.82, 2.24) is 19.7 Å². The average molecular weight is 470 g/mol. The second-order valence-electron chi connectivity index (χ2n) is 9.18. The Morgan fingerprint density at radius 1 is 1.17 bits per heavy atom. The lowest BCUT2D eigenvalue weighted by atomic mass is 10.0. The first-order valence-electron chi connectivity index (χ1n) is 11.6. The van der Waals surface area contributed by atoms with E-state index in [-0.39, 0.29) is 17.8 Å². The Morgan fingerprint density at radius 2 is 2.06 bits per heavy atom. The van der Waals surface area contributed by atoms with Crippen LogP contribution < -0.4 is 21.5 Å². The normalized spacial score (nSPS) is 16.1. The van der Waals surface area contributed by atoms with Crippen LogP contribution in [0, 0.1) is 5.92 Å². The number of nitrogens with one attached hydrogen (secondary N) is 2. The third-order valence-electron chi connectivity index (χ3n) is 6.80. The van der Waals surface area contributed by atoms with Gasteiger partial charge >= 0.3 is 0 Å². The minimum Gasteiger partial charge on any atom is -0.491 e. The first-order chi connectivity index (χ1) is 17.0. The van der Waals surface area contributed by atoms with Gasteiger partial charge in [0.2, 0.25) is 5.91 Å². The molecule has 176 valence electrons. The Bertz CT molecular complexity index is 1630. The fourth-order valence-corrected chi connectivity index (χ4v) is 5.04. The molecule has 3 aromatic heterocycles. The molecule has 0 saturated heterocycles. The summed E-state index contributed by atoms with van der Waals surface area (Å²) in [6.45, 7) is 1.21. The van der Waals surface area contributed by atoms with Gasteiger partial charge in [-0.05, 0) is 54.7 Å². The fraction of sp³-hybridized carbons (Fsp3) is 0.240. The fourth-order valence-electron chi connectivity index (χ4n) is 5.04. The van der Waals surface area contributed by atoms with Gasteiger partial charge in [0.1, 0.15) is 23.9 Å². The van der Waals surface area contributed by atoms with Gasteiger partial charge in [0.05, 0.1) is 28.5 Å². The van der Waals surface area contributed by atoms with Crippen LogP contribution in [0.2, 0.25) is 0 Å². The van der Waals surface area contributed by atoms with Crippen LogP contribution in [0.3, 0.4) is 0 Å². The van der Waals surface area contributed by atoms with Gasteiger partial charge in [-0.25, -0.2) is 0 Å². The zero-order chi connectivity index (χ0) is 23.7. The number of fused-ring (bicyclic) bond motifs is 1. The summed E-state index contributed by atoms with van der Waals surface area (Å²) in [6.07, 6.45) is 5.67. The Kier molecular flexibility index (Phi) is 4.14. The molecule has 4 heterocycles. The molecule has 1 atom stereocenters. The Labute approximate surface area is 199 Å². The van der Waals surface area contributed by atoms with Crippen LogP contribution in [0.15, 0.2) is 47.1 Å². The van der Waals surface area contributed by atoms with E-state index in [1.807, 2.05) is 30.5 Å². The van der Waals surface area contributed by atoms with E-state index in [1.54, 1.807) is 10.9 Å². The van der Waals surface area contributed by atoms with Crippen LogP contribution in [-0.4, -0.2) is 38.8 Å². The van der Waals surface area contributed by atoms with Gasteiger partial charge in [0.25, 0.3) is 6.01 Å². The summed E-state index contributed by atoms with van der Waals surface area (Å²) >= 11 is 0. The number of aromatic nitrogens is 4. The minimum atomic E-state index is -0.404. The number of carbonyl (C=O) groups is 1. The summed E-state index contributed by atoms with van der Waals surface area (Å²) in [6, 6.07) is 9.65. The molecule has 35 heavy (non-hydrogen) atoms. The third kappa shape index (κ3) is 3.21. The molecule has 0 radical (unpaired) electrons. The molecule has 2 aromatic carbocycles. The van der Waals surface area contributed by atoms with Gasteiger partial charge < -0.3 is 30.9 Å². The van der Waals surface area contributed by atoms with Crippen LogP contribution >= 0.6 is 0 Å². The summed E-state index contributed by atoms with van der Waals surface area (Å²) < 4.78 is 13.2. The van der Waals surface area contributed by atoms with E-state index in [0.717, 1.165) is 57.6 Å². The maximum absolute atomic E-state index is 12.0. The second kappa shape index (κ2) is 7.26. The molecule has 1 amide bonds. The second-order valence-corrected chi connectivity index (χ2v) is 9.18. The molecule has 5 aromatic rings. The molecule has 1 fully saturated rings. The highest BCUT2D eigenvalue weighted by atomic mass is 16.5. The first-order valence-corrected chi connectivity index (χ1v) is 11.6. The van der Waals surface area contributed by atoms with E-state index in [0.29, 0.717) is 24.3 Å². The number of hydrogen-bond acceptors (Lipinski definition) is 7. The van der Waals surface area contributed by atoms with Crippen LogP contribution in [-0.2, 0) is 4.79 Å². The van der Waals surface area contributed by atoms with Crippen molar-refractivity contribution in [1.29, 1.82) is 0 Å².